The molecule has 1 aliphatic rings. The molecule has 0 saturated heterocycles. The molecule has 0 saturated carbocycles. The molecular weight excluding hydrogens is 221 g/mol. The van der Waals surface area contributed by atoms with Crippen molar-refractivity contribution in [2.24, 2.45) is 0 Å². The summed E-state index contributed by atoms with van der Waals surface area (Å²) in [5, 5.41) is 0.738. The molecule has 0 radical (unpaired) electrons. The van der Waals surface area contributed by atoms with Gasteiger partial charge in [0, 0.05) is 16.6 Å². The quantitative estimate of drug-likeness (QED) is 0.699. The molecule has 0 N–H and O–H groups in total. The molecule has 3 nitrogen and oxygen atoms in total. The fourth-order valence-electron chi connectivity index (χ4n) is 2.46. The van der Waals surface area contributed by atoms with Crippen LogP contribution in [0.5, 0.6) is 0 Å². The highest BCUT2D eigenvalue weighted by molar-refractivity contribution is 5.95. The summed E-state index contributed by atoms with van der Waals surface area (Å²) >= 11 is 0. The minimum Gasteiger partial charge on any atom is -0.438 e. The van der Waals surface area contributed by atoms with Crippen LogP contribution in [0.15, 0.2) is 18.2 Å². The van der Waals surface area contributed by atoms with Gasteiger partial charge in [0.15, 0.2) is 0 Å². The van der Waals surface area contributed by atoms with Crippen LogP contribution in [0, 0.1) is 12.7 Å². The number of hydrogen-bond acceptors (Lipinski definition) is 2. The third-order valence-corrected chi connectivity index (χ3v) is 3.22. The number of carbonyl (C=O) groups excluding carboxylic acids is 1. The SMILES string of the molecule is Cc1cc2cc(F)cc3c2n1C(=O)OC3(C)C. The Kier molecular flexibility index (Phi) is 1.75. The first kappa shape index (κ1) is 10.3. The van der Waals surface area contributed by atoms with Gasteiger partial charge in [0.25, 0.3) is 0 Å². The standard InChI is InChI=1S/C13H12FNO2/c1-7-4-8-5-9(14)6-10-11(8)15(7)12(16)17-13(10,2)3/h4-6H,1-3H3. The highest BCUT2D eigenvalue weighted by Crippen LogP contribution is 2.38. The van der Waals surface area contributed by atoms with Gasteiger partial charge in [-0.1, -0.05) is 0 Å². The molecule has 1 aromatic heterocycles. The van der Waals surface area contributed by atoms with Crippen LogP contribution >= 0.6 is 0 Å². The molecule has 0 spiro atoms. The molecule has 0 aliphatic carbocycles. The molecule has 0 atom stereocenters. The maximum absolute atomic E-state index is 13.5. The van der Waals surface area contributed by atoms with E-state index in [-0.39, 0.29) is 5.82 Å². The largest absolute Gasteiger partial charge is 0.438 e. The smallest absolute Gasteiger partial charge is 0.419 e. The minimum absolute atomic E-state index is 0.310. The van der Waals surface area contributed by atoms with Crippen molar-refractivity contribution in [2.45, 2.75) is 26.4 Å². The van der Waals surface area contributed by atoms with Crippen molar-refractivity contribution < 1.29 is 13.9 Å². The number of aryl methyl sites for hydroxylation is 1. The van der Waals surface area contributed by atoms with Crippen LogP contribution in [0.3, 0.4) is 0 Å². The maximum atomic E-state index is 13.5. The van der Waals surface area contributed by atoms with Crippen molar-refractivity contribution in [3.8, 4) is 0 Å². The number of aromatic nitrogens is 1. The van der Waals surface area contributed by atoms with E-state index in [1.54, 1.807) is 26.8 Å². The zero-order valence-electron chi connectivity index (χ0n) is 9.87. The molecule has 1 aromatic carbocycles. The van der Waals surface area contributed by atoms with E-state index in [2.05, 4.69) is 0 Å². The first-order valence-corrected chi connectivity index (χ1v) is 5.45. The second-order valence-corrected chi connectivity index (χ2v) is 4.89. The average molecular weight is 233 g/mol. The lowest BCUT2D eigenvalue weighted by Gasteiger charge is -2.31. The number of benzene rings is 1. The number of cyclic esters (lactones) is 1. The van der Waals surface area contributed by atoms with E-state index in [1.165, 1.54) is 16.7 Å². The van der Waals surface area contributed by atoms with Crippen LogP contribution in [0.4, 0.5) is 9.18 Å². The molecule has 0 amide bonds. The van der Waals surface area contributed by atoms with Gasteiger partial charge in [0.05, 0.1) is 5.52 Å². The van der Waals surface area contributed by atoms with E-state index >= 15 is 0 Å². The first-order valence-electron chi connectivity index (χ1n) is 5.45. The van der Waals surface area contributed by atoms with E-state index in [0.717, 1.165) is 16.6 Å². The van der Waals surface area contributed by atoms with Crippen molar-refractivity contribution >= 4 is 17.0 Å². The Bertz CT molecular complexity index is 655. The third kappa shape index (κ3) is 1.24. The van der Waals surface area contributed by atoms with E-state index in [4.69, 9.17) is 4.74 Å². The van der Waals surface area contributed by atoms with Crippen molar-refractivity contribution in [2.75, 3.05) is 0 Å². The van der Waals surface area contributed by atoms with Crippen LogP contribution < -0.4 is 0 Å². The summed E-state index contributed by atoms with van der Waals surface area (Å²) < 4.78 is 20.4. The monoisotopic (exact) mass is 233 g/mol. The van der Waals surface area contributed by atoms with Gasteiger partial charge in [-0.2, -0.15) is 0 Å². The lowest BCUT2D eigenvalue weighted by Crippen LogP contribution is -2.34. The maximum Gasteiger partial charge on any atom is 0.419 e. The normalized spacial score (nSPS) is 17.3. The summed E-state index contributed by atoms with van der Waals surface area (Å²) in [5.74, 6) is -0.310. The fraction of sp³-hybridized carbons (Fsp3) is 0.308. The van der Waals surface area contributed by atoms with E-state index in [0.29, 0.717) is 5.56 Å². The Morgan fingerprint density at radius 1 is 1.29 bits per heavy atom. The summed E-state index contributed by atoms with van der Waals surface area (Å²) in [6, 6.07) is 4.67. The molecule has 3 rings (SSSR count). The van der Waals surface area contributed by atoms with Gasteiger partial charge in [-0.15, -0.1) is 0 Å². The average Bonchev–Trinajstić information content (AvgIpc) is 2.50. The minimum atomic E-state index is -0.793. The predicted molar refractivity (Wildman–Crippen MR) is 61.5 cm³/mol. The molecule has 1 aliphatic heterocycles. The Balaban J connectivity index is 2.54. The Morgan fingerprint density at radius 2 is 2.00 bits per heavy atom. The number of rotatable bonds is 0. The lowest BCUT2D eigenvalue weighted by atomic mass is 9.95. The molecule has 4 heteroatoms. The fourth-order valence-corrected chi connectivity index (χ4v) is 2.46. The molecule has 88 valence electrons. The second-order valence-electron chi connectivity index (χ2n) is 4.89. The number of halogens is 1. The molecule has 17 heavy (non-hydrogen) atoms. The van der Waals surface area contributed by atoms with Crippen LogP contribution in [0.2, 0.25) is 0 Å². The molecule has 0 unspecified atom stereocenters. The first-order chi connectivity index (χ1) is 7.90. The summed E-state index contributed by atoms with van der Waals surface area (Å²) in [4.78, 5) is 11.9. The zero-order chi connectivity index (χ0) is 12.4. The van der Waals surface area contributed by atoms with Crippen molar-refractivity contribution in [1.29, 1.82) is 0 Å². The Labute approximate surface area is 97.8 Å². The predicted octanol–water partition coefficient (Wildman–Crippen LogP) is 3.32. The van der Waals surface area contributed by atoms with Crippen LogP contribution in [0.1, 0.15) is 25.1 Å². The van der Waals surface area contributed by atoms with Gasteiger partial charge >= 0.3 is 6.09 Å². The number of carbonyl (C=O) groups is 1. The van der Waals surface area contributed by atoms with Gasteiger partial charge in [-0.3, -0.25) is 0 Å². The molecule has 2 heterocycles. The van der Waals surface area contributed by atoms with Crippen molar-refractivity contribution in [1.82, 2.24) is 4.57 Å². The van der Waals surface area contributed by atoms with E-state index < -0.39 is 11.7 Å². The number of nitrogens with zero attached hydrogens (tertiary/aromatic N) is 1. The lowest BCUT2D eigenvalue weighted by molar-refractivity contribution is 0.0326. The number of hydrogen-bond donors (Lipinski definition) is 0. The summed E-state index contributed by atoms with van der Waals surface area (Å²) in [6.07, 6.45) is -0.401. The zero-order valence-corrected chi connectivity index (χ0v) is 9.87. The van der Waals surface area contributed by atoms with Crippen LogP contribution in [-0.4, -0.2) is 10.7 Å². The highest BCUT2D eigenvalue weighted by atomic mass is 19.1. The van der Waals surface area contributed by atoms with Gasteiger partial charge in [-0.05, 0) is 39.0 Å². The molecule has 0 bridgehead atoms. The number of ether oxygens (including phenoxy) is 1. The highest BCUT2D eigenvalue weighted by Gasteiger charge is 2.36. The summed E-state index contributed by atoms with van der Waals surface area (Å²) in [5.41, 5.74) is 1.43. The Morgan fingerprint density at radius 3 is 2.71 bits per heavy atom. The van der Waals surface area contributed by atoms with Gasteiger partial charge < -0.3 is 4.74 Å². The van der Waals surface area contributed by atoms with Crippen LogP contribution in [-0.2, 0) is 10.3 Å². The Hall–Kier alpha value is -1.84. The molecule has 0 fully saturated rings. The second kappa shape index (κ2) is 2.88. The van der Waals surface area contributed by atoms with Gasteiger partial charge in [0.1, 0.15) is 11.4 Å². The van der Waals surface area contributed by atoms with Crippen molar-refractivity contribution in [3.05, 3.63) is 35.3 Å². The van der Waals surface area contributed by atoms with E-state index in [9.17, 15) is 9.18 Å². The van der Waals surface area contributed by atoms with Crippen molar-refractivity contribution in [3.63, 3.8) is 0 Å². The topological polar surface area (TPSA) is 31.2 Å². The summed E-state index contributed by atoms with van der Waals surface area (Å²) in [6.45, 7) is 5.34. The summed E-state index contributed by atoms with van der Waals surface area (Å²) in [7, 11) is 0. The molecule has 2 aromatic rings. The van der Waals surface area contributed by atoms with E-state index in [1.807, 2.05) is 0 Å². The molecular formula is C13H12FNO2. The van der Waals surface area contributed by atoms with Gasteiger partial charge in [0.2, 0.25) is 0 Å². The van der Waals surface area contributed by atoms with Gasteiger partial charge in [-0.25, -0.2) is 13.8 Å². The van der Waals surface area contributed by atoms with Crippen LogP contribution in [0.25, 0.3) is 10.9 Å². The third-order valence-electron chi connectivity index (χ3n) is 3.22.